The predicted molar refractivity (Wildman–Crippen MR) is 73.1 cm³/mol. The lowest BCUT2D eigenvalue weighted by atomic mass is 10.1. The molecule has 3 nitrogen and oxygen atoms in total. The summed E-state index contributed by atoms with van der Waals surface area (Å²) in [5.41, 5.74) is 2.84. The van der Waals surface area contributed by atoms with Crippen LogP contribution in [-0.2, 0) is 0 Å². The van der Waals surface area contributed by atoms with Crippen molar-refractivity contribution >= 4 is 22.5 Å². The summed E-state index contributed by atoms with van der Waals surface area (Å²) in [5, 5.41) is 1.71. The third-order valence-electron chi connectivity index (χ3n) is 2.92. The fourth-order valence-electron chi connectivity index (χ4n) is 2.06. The highest BCUT2D eigenvalue weighted by atomic mass is 35.5. The number of ether oxygens (including phenoxy) is 1. The minimum absolute atomic E-state index is 0.578. The van der Waals surface area contributed by atoms with Crippen LogP contribution in [0.3, 0.4) is 0 Å². The van der Waals surface area contributed by atoms with E-state index in [2.05, 4.69) is 9.97 Å². The lowest BCUT2D eigenvalue weighted by Crippen LogP contribution is -1.91. The molecule has 0 unspecified atom stereocenters. The molecule has 1 N–H and O–H groups in total. The number of rotatable bonds is 2. The molecule has 3 rings (SSSR count). The van der Waals surface area contributed by atoms with Gasteiger partial charge in [0.25, 0.3) is 0 Å². The van der Waals surface area contributed by atoms with Crippen molar-refractivity contribution < 1.29 is 4.74 Å². The van der Waals surface area contributed by atoms with Gasteiger partial charge in [-0.05, 0) is 24.3 Å². The number of nitrogens with one attached hydrogen (secondary N) is 1. The van der Waals surface area contributed by atoms with Crippen molar-refractivity contribution in [3.8, 4) is 17.0 Å². The van der Waals surface area contributed by atoms with Crippen molar-refractivity contribution in [3.63, 3.8) is 0 Å². The molecule has 0 aliphatic carbocycles. The van der Waals surface area contributed by atoms with Crippen LogP contribution >= 0.6 is 11.6 Å². The first-order valence-corrected chi connectivity index (χ1v) is 5.94. The van der Waals surface area contributed by atoms with E-state index in [1.54, 1.807) is 13.3 Å². The molecule has 90 valence electrons. The summed E-state index contributed by atoms with van der Waals surface area (Å²) in [7, 11) is 1.61. The van der Waals surface area contributed by atoms with Crippen molar-refractivity contribution in [1.29, 1.82) is 0 Å². The second-order valence-electron chi connectivity index (χ2n) is 3.93. The van der Waals surface area contributed by atoms with Crippen LogP contribution < -0.4 is 4.74 Å². The molecule has 2 heterocycles. The van der Waals surface area contributed by atoms with E-state index in [1.807, 2.05) is 36.5 Å². The van der Waals surface area contributed by atoms with E-state index in [9.17, 15) is 0 Å². The average Bonchev–Trinajstić information content (AvgIpc) is 2.88. The van der Waals surface area contributed by atoms with Gasteiger partial charge in [-0.2, -0.15) is 0 Å². The van der Waals surface area contributed by atoms with Crippen LogP contribution in [0.15, 0.2) is 42.7 Å². The van der Waals surface area contributed by atoms with Crippen molar-refractivity contribution in [2.45, 2.75) is 0 Å². The Hall–Kier alpha value is -2.00. The van der Waals surface area contributed by atoms with Crippen LogP contribution in [0.4, 0.5) is 0 Å². The van der Waals surface area contributed by atoms with Crippen LogP contribution in [0.25, 0.3) is 22.0 Å². The molecular formula is C14H11ClN2O. The largest absolute Gasteiger partial charge is 0.481 e. The Kier molecular flexibility index (Phi) is 2.68. The van der Waals surface area contributed by atoms with E-state index in [-0.39, 0.29) is 0 Å². The Labute approximate surface area is 109 Å². The number of halogens is 1. The highest BCUT2D eigenvalue weighted by molar-refractivity contribution is 6.38. The van der Waals surface area contributed by atoms with Gasteiger partial charge in [0.2, 0.25) is 5.88 Å². The molecule has 3 aromatic rings. The molecule has 0 aliphatic heterocycles. The quantitative estimate of drug-likeness (QED) is 0.757. The SMILES string of the molecule is COc1ncccc1-c1ccc2[nH]ccc2c1Cl. The molecule has 4 heteroatoms. The molecule has 18 heavy (non-hydrogen) atoms. The minimum atomic E-state index is 0.578. The summed E-state index contributed by atoms with van der Waals surface area (Å²) >= 11 is 6.44. The Morgan fingerprint density at radius 1 is 1.17 bits per heavy atom. The molecule has 0 aliphatic rings. The van der Waals surface area contributed by atoms with Gasteiger partial charge in [-0.15, -0.1) is 0 Å². The topological polar surface area (TPSA) is 37.9 Å². The van der Waals surface area contributed by atoms with Gasteiger partial charge in [-0.1, -0.05) is 17.7 Å². The van der Waals surface area contributed by atoms with Crippen LogP contribution in [0.2, 0.25) is 5.02 Å². The third kappa shape index (κ3) is 1.64. The Balaban J connectivity index is 2.28. The number of nitrogens with zero attached hydrogens (tertiary/aromatic N) is 1. The van der Waals surface area contributed by atoms with Crippen LogP contribution in [-0.4, -0.2) is 17.1 Å². The van der Waals surface area contributed by atoms with Gasteiger partial charge in [0.1, 0.15) is 0 Å². The van der Waals surface area contributed by atoms with E-state index >= 15 is 0 Å². The molecule has 0 spiro atoms. The van der Waals surface area contributed by atoms with E-state index in [0.717, 1.165) is 22.0 Å². The second kappa shape index (κ2) is 4.35. The highest BCUT2D eigenvalue weighted by Gasteiger charge is 2.12. The van der Waals surface area contributed by atoms with E-state index in [1.165, 1.54) is 0 Å². The molecule has 0 bridgehead atoms. The van der Waals surface area contributed by atoms with Gasteiger partial charge >= 0.3 is 0 Å². The van der Waals surface area contributed by atoms with Crippen molar-refractivity contribution in [2.75, 3.05) is 7.11 Å². The molecule has 0 amide bonds. The molecule has 2 aromatic heterocycles. The van der Waals surface area contributed by atoms with E-state index in [4.69, 9.17) is 16.3 Å². The summed E-state index contributed by atoms with van der Waals surface area (Å²) in [4.78, 5) is 7.33. The first kappa shape index (κ1) is 11.1. The lowest BCUT2D eigenvalue weighted by molar-refractivity contribution is 0.399. The fraction of sp³-hybridized carbons (Fsp3) is 0.0714. The minimum Gasteiger partial charge on any atom is -0.481 e. The molecular weight excluding hydrogens is 248 g/mol. The standard InChI is InChI=1S/C14H11ClN2O/c1-18-14-10(3-2-7-17-14)9-4-5-12-11(13(9)15)6-8-16-12/h2-8,16H,1H3. The Morgan fingerprint density at radius 2 is 2.06 bits per heavy atom. The van der Waals surface area contributed by atoms with Crippen molar-refractivity contribution in [1.82, 2.24) is 9.97 Å². The maximum atomic E-state index is 6.44. The molecule has 1 aromatic carbocycles. The van der Waals surface area contributed by atoms with Crippen LogP contribution in [0.1, 0.15) is 0 Å². The van der Waals surface area contributed by atoms with E-state index < -0.39 is 0 Å². The first-order chi connectivity index (χ1) is 8.81. The maximum absolute atomic E-state index is 6.44. The van der Waals surface area contributed by atoms with Gasteiger partial charge in [0.05, 0.1) is 12.1 Å². The molecule has 0 atom stereocenters. The number of H-pyrrole nitrogens is 1. The molecule has 0 saturated carbocycles. The summed E-state index contributed by atoms with van der Waals surface area (Å²) in [6.45, 7) is 0. The number of aromatic nitrogens is 2. The zero-order chi connectivity index (χ0) is 12.5. The first-order valence-electron chi connectivity index (χ1n) is 5.56. The van der Waals surface area contributed by atoms with Gasteiger partial charge < -0.3 is 9.72 Å². The number of fused-ring (bicyclic) bond motifs is 1. The highest BCUT2D eigenvalue weighted by Crippen LogP contribution is 2.37. The van der Waals surface area contributed by atoms with Crippen molar-refractivity contribution in [3.05, 3.63) is 47.7 Å². The molecule has 0 saturated heterocycles. The zero-order valence-electron chi connectivity index (χ0n) is 9.77. The fourth-order valence-corrected chi connectivity index (χ4v) is 2.39. The smallest absolute Gasteiger partial charge is 0.221 e. The number of hydrogen-bond acceptors (Lipinski definition) is 2. The molecule has 0 fully saturated rings. The van der Waals surface area contributed by atoms with Crippen molar-refractivity contribution in [2.24, 2.45) is 0 Å². The lowest BCUT2D eigenvalue weighted by Gasteiger charge is -2.09. The normalized spacial score (nSPS) is 10.8. The van der Waals surface area contributed by atoms with Gasteiger partial charge in [0, 0.05) is 34.4 Å². The van der Waals surface area contributed by atoms with E-state index in [0.29, 0.717) is 10.9 Å². The van der Waals surface area contributed by atoms with Gasteiger partial charge in [-0.3, -0.25) is 0 Å². The summed E-state index contributed by atoms with van der Waals surface area (Å²) in [6, 6.07) is 9.76. The number of methoxy groups -OCH3 is 1. The Bertz CT molecular complexity index is 706. The number of aromatic amines is 1. The van der Waals surface area contributed by atoms with Crippen LogP contribution in [0.5, 0.6) is 5.88 Å². The maximum Gasteiger partial charge on any atom is 0.221 e. The monoisotopic (exact) mass is 258 g/mol. The summed E-state index contributed by atoms with van der Waals surface area (Å²) in [6.07, 6.45) is 3.58. The number of hydrogen-bond donors (Lipinski definition) is 1. The summed E-state index contributed by atoms with van der Waals surface area (Å²) < 4.78 is 5.27. The third-order valence-corrected chi connectivity index (χ3v) is 3.33. The Morgan fingerprint density at radius 3 is 2.89 bits per heavy atom. The van der Waals surface area contributed by atoms with Gasteiger partial charge in [0.15, 0.2) is 0 Å². The number of pyridine rings is 1. The predicted octanol–water partition coefficient (Wildman–Crippen LogP) is 3.89. The average molecular weight is 259 g/mol. The van der Waals surface area contributed by atoms with Gasteiger partial charge in [-0.25, -0.2) is 4.98 Å². The zero-order valence-corrected chi connectivity index (χ0v) is 10.5. The number of benzene rings is 1. The molecule has 0 radical (unpaired) electrons. The second-order valence-corrected chi connectivity index (χ2v) is 4.30. The summed E-state index contributed by atoms with van der Waals surface area (Å²) in [5.74, 6) is 0.578. The van der Waals surface area contributed by atoms with Crippen LogP contribution in [0, 0.1) is 0 Å².